The predicted molar refractivity (Wildman–Crippen MR) is 58.0 cm³/mol. The zero-order chi connectivity index (χ0) is 10.1. The fourth-order valence-corrected chi connectivity index (χ4v) is 2.02. The molecule has 2 rings (SSSR count). The van der Waals surface area contributed by atoms with E-state index in [1.54, 1.807) is 6.07 Å². The van der Waals surface area contributed by atoms with Gasteiger partial charge in [0.2, 0.25) is 4.47 Å². The van der Waals surface area contributed by atoms with Crippen LogP contribution in [-0.2, 0) is 0 Å². The SMILES string of the molecule is Fc1ccc(Br)c(-c2nsc(Cl)n2)c1. The molecule has 0 fully saturated rings. The molecule has 0 aliphatic carbocycles. The van der Waals surface area contributed by atoms with Crippen LogP contribution in [0.5, 0.6) is 0 Å². The molecular formula is C8H3BrClFN2S. The largest absolute Gasteiger partial charge is 0.207 e. The minimum atomic E-state index is -0.325. The highest BCUT2D eigenvalue weighted by atomic mass is 79.9. The maximum Gasteiger partial charge on any atom is 0.203 e. The van der Waals surface area contributed by atoms with E-state index in [-0.39, 0.29) is 5.82 Å². The maximum absolute atomic E-state index is 12.9. The van der Waals surface area contributed by atoms with Crippen molar-refractivity contribution in [2.75, 3.05) is 0 Å². The van der Waals surface area contributed by atoms with Gasteiger partial charge in [-0.05, 0) is 41.3 Å². The van der Waals surface area contributed by atoms with E-state index < -0.39 is 0 Å². The molecule has 0 N–H and O–H groups in total. The van der Waals surface area contributed by atoms with Crippen LogP contribution < -0.4 is 0 Å². The highest BCUT2D eigenvalue weighted by Gasteiger charge is 2.09. The Hall–Kier alpha value is -0.520. The number of nitrogens with zero attached hydrogens (tertiary/aromatic N) is 2. The molecule has 0 aliphatic rings. The van der Waals surface area contributed by atoms with Crippen molar-refractivity contribution in [1.29, 1.82) is 0 Å². The summed E-state index contributed by atoms with van der Waals surface area (Å²) in [6.45, 7) is 0. The summed E-state index contributed by atoms with van der Waals surface area (Å²) in [6, 6.07) is 4.34. The minimum absolute atomic E-state index is 0.325. The van der Waals surface area contributed by atoms with E-state index in [2.05, 4.69) is 25.3 Å². The summed E-state index contributed by atoms with van der Waals surface area (Å²) in [5.41, 5.74) is 0.605. The lowest BCUT2D eigenvalue weighted by Gasteiger charge is -1.98. The lowest BCUT2D eigenvalue weighted by Crippen LogP contribution is -1.84. The van der Waals surface area contributed by atoms with Crippen LogP contribution in [0, 0.1) is 5.82 Å². The lowest BCUT2D eigenvalue weighted by atomic mass is 10.2. The molecule has 0 saturated heterocycles. The van der Waals surface area contributed by atoms with Crippen molar-refractivity contribution < 1.29 is 4.39 Å². The molecule has 2 nitrogen and oxygen atoms in total. The molecule has 72 valence electrons. The molecule has 0 amide bonds. The summed E-state index contributed by atoms with van der Waals surface area (Å²) < 4.78 is 18.0. The van der Waals surface area contributed by atoms with E-state index >= 15 is 0 Å². The average Bonchev–Trinajstić information content (AvgIpc) is 2.56. The molecule has 14 heavy (non-hydrogen) atoms. The molecule has 0 radical (unpaired) electrons. The first-order valence-electron chi connectivity index (χ1n) is 3.61. The van der Waals surface area contributed by atoms with Gasteiger partial charge in [0.05, 0.1) is 0 Å². The molecule has 1 heterocycles. The molecule has 1 aromatic heterocycles. The number of benzene rings is 1. The van der Waals surface area contributed by atoms with Crippen molar-refractivity contribution in [3.8, 4) is 11.4 Å². The zero-order valence-electron chi connectivity index (χ0n) is 6.67. The van der Waals surface area contributed by atoms with Gasteiger partial charge in [-0.2, -0.15) is 4.37 Å². The Morgan fingerprint density at radius 1 is 1.43 bits per heavy atom. The van der Waals surface area contributed by atoms with Crippen molar-refractivity contribution in [3.63, 3.8) is 0 Å². The van der Waals surface area contributed by atoms with Gasteiger partial charge in [0.1, 0.15) is 5.82 Å². The topological polar surface area (TPSA) is 25.8 Å². The maximum atomic E-state index is 12.9. The smallest absolute Gasteiger partial charge is 0.203 e. The Morgan fingerprint density at radius 2 is 2.21 bits per heavy atom. The molecule has 0 saturated carbocycles. The Morgan fingerprint density at radius 3 is 2.86 bits per heavy atom. The summed E-state index contributed by atoms with van der Waals surface area (Å²) in [6.07, 6.45) is 0. The first kappa shape index (κ1) is 10.0. The predicted octanol–water partition coefficient (Wildman–Crippen LogP) is 3.76. The van der Waals surface area contributed by atoms with E-state index in [0.29, 0.717) is 15.9 Å². The monoisotopic (exact) mass is 292 g/mol. The van der Waals surface area contributed by atoms with Crippen LogP contribution in [0.15, 0.2) is 22.7 Å². The highest BCUT2D eigenvalue weighted by molar-refractivity contribution is 9.10. The minimum Gasteiger partial charge on any atom is -0.207 e. The van der Waals surface area contributed by atoms with Crippen LogP contribution in [0.3, 0.4) is 0 Å². The van der Waals surface area contributed by atoms with E-state index in [9.17, 15) is 4.39 Å². The molecule has 0 unspecified atom stereocenters. The summed E-state index contributed by atoms with van der Waals surface area (Å²) in [4.78, 5) is 3.96. The zero-order valence-corrected chi connectivity index (χ0v) is 9.83. The van der Waals surface area contributed by atoms with Gasteiger partial charge >= 0.3 is 0 Å². The number of hydrogen-bond acceptors (Lipinski definition) is 3. The highest BCUT2D eigenvalue weighted by Crippen LogP contribution is 2.28. The van der Waals surface area contributed by atoms with Gasteiger partial charge in [0, 0.05) is 10.0 Å². The number of aromatic nitrogens is 2. The van der Waals surface area contributed by atoms with Crippen molar-refractivity contribution in [3.05, 3.63) is 33.0 Å². The molecule has 0 atom stereocenters. The Bertz CT molecular complexity index is 474. The van der Waals surface area contributed by atoms with Crippen molar-refractivity contribution in [2.45, 2.75) is 0 Å². The van der Waals surface area contributed by atoms with E-state index in [1.807, 2.05) is 0 Å². The van der Waals surface area contributed by atoms with E-state index in [0.717, 1.165) is 16.0 Å². The van der Waals surface area contributed by atoms with Gasteiger partial charge in [0.15, 0.2) is 5.82 Å². The average molecular weight is 294 g/mol. The fourth-order valence-electron chi connectivity index (χ4n) is 0.983. The fraction of sp³-hybridized carbons (Fsp3) is 0. The number of halogens is 3. The second-order valence-electron chi connectivity index (χ2n) is 2.50. The Labute approximate surface area is 97.0 Å². The molecule has 0 aliphatic heterocycles. The lowest BCUT2D eigenvalue weighted by molar-refractivity contribution is 0.628. The standard InChI is InChI=1S/C8H3BrClFN2S/c9-6-2-1-4(11)3-5(6)7-12-8(10)14-13-7/h1-3H. The molecular weight excluding hydrogens is 291 g/mol. The third kappa shape index (κ3) is 1.94. The van der Waals surface area contributed by atoms with Gasteiger partial charge in [-0.3, -0.25) is 0 Å². The molecule has 0 spiro atoms. The van der Waals surface area contributed by atoms with Gasteiger partial charge < -0.3 is 0 Å². The Kier molecular flexibility index (Phi) is 2.80. The molecule has 6 heteroatoms. The van der Waals surface area contributed by atoms with Crippen molar-refractivity contribution >= 4 is 39.1 Å². The van der Waals surface area contributed by atoms with Crippen molar-refractivity contribution in [2.24, 2.45) is 0 Å². The third-order valence-corrected chi connectivity index (χ3v) is 3.06. The molecule has 0 bridgehead atoms. The quantitative estimate of drug-likeness (QED) is 0.800. The number of rotatable bonds is 1. The van der Waals surface area contributed by atoms with E-state index in [1.165, 1.54) is 12.1 Å². The number of hydrogen-bond donors (Lipinski definition) is 0. The van der Waals surface area contributed by atoms with Crippen LogP contribution in [0.2, 0.25) is 4.47 Å². The molecule has 1 aromatic carbocycles. The van der Waals surface area contributed by atoms with Crippen LogP contribution in [0.25, 0.3) is 11.4 Å². The summed E-state index contributed by atoms with van der Waals surface area (Å²) in [7, 11) is 0. The summed E-state index contributed by atoms with van der Waals surface area (Å²) in [5, 5.41) is 0. The van der Waals surface area contributed by atoms with Gasteiger partial charge in [-0.25, -0.2) is 9.37 Å². The van der Waals surface area contributed by atoms with Crippen LogP contribution in [0.4, 0.5) is 4.39 Å². The summed E-state index contributed by atoms with van der Waals surface area (Å²) in [5.74, 6) is 0.112. The normalized spacial score (nSPS) is 10.5. The van der Waals surface area contributed by atoms with Gasteiger partial charge in [-0.15, -0.1) is 0 Å². The van der Waals surface area contributed by atoms with Gasteiger partial charge in [-0.1, -0.05) is 15.9 Å². The summed E-state index contributed by atoms with van der Waals surface area (Å²) >= 11 is 10.0. The third-order valence-electron chi connectivity index (χ3n) is 1.57. The first-order chi connectivity index (χ1) is 6.66. The Balaban J connectivity index is 2.55. The van der Waals surface area contributed by atoms with Crippen LogP contribution in [0.1, 0.15) is 0 Å². The first-order valence-corrected chi connectivity index (χ1v) is 5.56. The van der Waals surface area contributed by atoms with Crippen LogP contribution in [-0.4, -0.2) is 9.36 Å². The van der Waals surface area contributed by atoms with Crippen molar-refractivity contribution in [1.82, 2.24) is 9.36 Å². The van der Waals surface area contributed by atoms with E-state index in [4.69, 9.17) is 11.6 Å². The van der Waals surface area contributed by atoms with Gasteiger partial charge in [0.25, 0.3) is 0 Å². The molecule has 2 aromatic rings. The second-order valence-corrected chi connectivity index (χ2v) is 4.68. The second kappa shape index (κ2) is 3.92. The van der Waals surface area contributed by atoms with Crippen LogP contribution >= 0.6 is 39.1 Å².